The number of hydrogen-bond acceptors (Lipinski definition) is 5. The monoisotopic (exact) mass is 450 g/mol. The first-order valence-electron chi connectivity index (χ1n) is 10.1. The fraction of sp³-hybridized carbons (Fsp3) is 0.250. The summed E-state index contributed by atoms with van der Waals surface area (Å²) in [5.74, 6) is -2.21. The highest BCUT2D eigenvalue weighted by Gasteiger charge is 2.45. The van der Waals surface area contributed by atoms with Gasteiger partial charge in [-0.1, -0.05) is 54.1 Å². The molecule has 0 radical (unpaired) electrons. The Labute approximate surface area is 186 Å². The Balaban J connectivity index is 1.61. The van der Waals surface area contributed by atoms with Crippen molar-refractivity contribution in [3.05, 3.63) is 77.9 Å². The van der Waals surface area contributed by atoms with Crippen molar-refractivity contribution in [2.45, 2.75) is 36.5 Å². The number of aryl methyl sites for hydroxylation is 1. The summed E-state index contributed by atoms with van der Waals surface area (Å²) in [6, 6.07) is 20.2. The van der Waals surface area contributed by atoms with Gasteiger partial charge in [0.1, 0.15) is 12.1 Å². The maximum absolute atomic E-state index is 12.8. The van der Waals surface area contributed by atoms with E-state index in [1.807, 2.05) is 55.5 Å². The quantitative estimate of drug-likeness (QED) is 0.593. The largest absolute Gasteiger partial charge is 0.480 e. The second-order valence-corrected chi connectivity index (χ2v) is 9.64. The number of sulfonamides is 1. The number of fused-ring (bicyclic) bond motifs is 1. The lowest BCUT2D eigenvalue weighted by atomic mass is 9.90. The second-order valence-electron chi connectivity index (χ2n) is 7.93. The molecule has 0 aliphatic carbocycles. The van der Waals surface area contributed by atoms with Crippen LogP contribution in [0.2, 0.25) is 0 Å². The van der Waals surface area contributed by atoms with E-state index in [9.17, 15) is 23.6 Å². The minimum Gasteiger partial charge on any atom is -0.480 e. The van der Waals surface area contributed by atoms with Gasteiger partial charge in [0.05, 0.1) is 17.1 Å². The highest BCUT2D eigenvalue weighted by molar-refractivity contribution is 7.89. The summed E-state index contributed by atoms with van der Waals surface area (Å²) in [6.45, 7) is 1.82. The van der Waals surface area contributed by atoms with Gasteiger partial charge in [0.15, 0.2) is 0 Å². The molecule has 2 N–H and O–H groups in total. The summed E-state index contributed by atoms with van der Waals surface area (Å²) in [6.07, 6.45) is -1.38. The molecule has 3 aromatic rings. The molecule has 4 rings (SSSR count). The summed E-state index contributed by atoms with van der Waals surface area (Å²) < 4.78 is 33.8. The van der Waals surface area contributed by atoms with E-state index in [0.29, 0.717) is 0 Å². The molecule has 164 valence electrons. The standard InChI is InChI=1S/C24H22N2O5S/c1-15-6-10-19(11-7-15)32(29,30)26-23(24(27)28)20-13-21(31-22(20)14-25)18-9-8-16-4-2-3-5-17(16)12-18/h2-12,20-23,26H,13H2,1H3,(H,27,28)/t20-,21+,22+,23?/m0/s1. The van der Waals surface area contributed by atoms with Crippen molar-refractivity contribution in [1.29, 1.82) is 5.26 Å². The zero-order valence-electron chi connectivity index (χ0n) is 17.3. The number of nitrogens with one attached hydrogen (secondary N) is 1. The second kappa shape index (κ2) is 8.71. The molecule has 1 aliphatic rings. The van der Waals surface area contributed by atoms with Crippen LogP contribution in [0.3, 0.4) is 0 Å². The summed E-state index contributed by atoms with van der Waals surface area (Å²) in [5.41, 5.74) is 1.70. The van der Waals surface area contributed by atoms with E-state index in [1.165, 1.54) is 12.1 Å². The third kappa shape index (κ3) is 4.36. The minimum absolute atomic E-state index is 0.0344. The molecule has 1 heterocycles. The number of carboxylic acid groups (broad SMARTS) is 1. The van der Waals surface area contributed by atoms with Crippen molar-refractivity contribution >= 4 is 26.8 Å². The molecule has 0 saturated carbocycles. The van der Waals surface area contributed by atoms with Crippen molar-refractivity contribution < 1.29 is 23.1 Å². The lowest BCUT2D eigenvalue weighted by Crippen LogP contribution is -2.48. The summed E-state index contributed by atoms with van der Waals surface area (Å²) in [4.78, 5) is 12.0. The van der Waals surface area contributed by atoms with Crippen molar-refractivity contribution in [1.82, 2.24) is 4.72 Å². The normalized spacial score (nSPS) is 21.8. The van der Waals surface area contributed by atoms with E-state index in [-0.39, 0.29) is 11.3 Å². The first-order chi connectivity index (χ1) is 15.3. The number of ether oxygens (including phenoxy) is 1. The number of nitrogens with zero attached hydrogens (tertiary/aromatic N) is 1. The van der Waals surface area contributed by atoms with Gasteiger partial charge in [-0.25, -0.2) is 8.42 Å². The van der Waals surface area contributed by atoms with Crippen LogP contribution in [0.4, 0.5) is 0 Å². The molecule has 0 amide bonds. The highest BCUT2D eigenvalue weighted by atomic mass is 32.2. The molecule has 7 nitrogen and oxygen atoms in total. The van der Waals surface area contributed by atoms with Crippen molar-refractivity contribution in [2.24, 2.45) is 5.92 Å². The minimum atomic E-state index is -4.10. The van der Waals surface area contributed by atoms with Crippen LogP contribution in [0.1, 0.15) is 23.7 Å². The molecule has 0 aromatic heterocycles. The van der Waals surface area contributed by atoms with E-state index in [2.05, 4.69) is 4.72 Å². The average Bonchev–Trinajstić information content (AvgIpc) is 3.21. The first-order valence-corrected chi connectivity index (χ1v) is 11.6. The van der Waals surface area contributed by atoms with Crippen LogP contribution in [-0.4, -0.2) is 31.6 Å². The number of benzene rings is 3. The molecule has 1 aliphatic heterocycles. The Hall–Kier alpha value is -3.25. The maximum atomic E-state index is 12.8. The van der Waals surface area contributed by atoms with Gasteiger partial charge < -0.3 is 9.84 Å². The Morgan fingerprint density at radius 2 is 1.81 bits per heavy atom. The number of nitriles is 1. The van der Waals surface area contributed by atoms with E-state index in [0.717, 1.165) is 21.9 Å². The van der Waals surface area contributed by atoms with Crippen molar-refractivity contribution in [3.63, 3.8) is 0 Å². The molecule has 0 bridgehead atoms. The van der Waals surface area contributed by atoms with Crippen LogP contribution in [0.25, 0.3) is 10.8 Å². The molecule has 32 heavy (non-hydrogen) atoms. The lowest BCUT2D eigenvalue weighted by Gasteiger charge is -2.21. The number of hydrogen-bond donors (Lipinski definition) is 2. The maximum Gasteiger partial charge on any atom is 0.322 e. The molecule has 8 heteroatoms. The molecule has 1 fully saturated rings. The summed E-state index contributed by atoms with van der Waals surface area (Å²) in [7, 11) is -4.10. The number of rotatable bonds is 6. The van der Waals surface area contributed by atoms with Crippen LogP contribution in [0.5, 0.6) is 0 Å². The number of aliphatic carboxylic acids is 1. The van der Waals surface area contributed by atoms with E-state index in [4.69, 9.17) is 4.74 Å². The van der Waals surface area contributed by atoms with E-state index < -0.39 is 40.2 Å². The van der Waals surface area contributed by atoms with Gasteiger partial charge in [-0.15, -0.1) is 0 Å². The highest BCUT2D eigenvalue weighted by Crippen LogP contribution is 2.39. The third-order valence-electron chi connectivity index (χ3n) is 5.77. The summed E-state index contributed by atoms with van der Waals surface area (Å²) >= 11 is 0. The number of carboxylic acids is 1. The topological polar surface area (TPSA) is 116 Å². The molecule has 4 atom stereocenters. The van der Waals surface area contributed by atoms with Gasteiger partial charge >= 0.3 is 5.97 Å². The van der Waals surface area contributed by atoms with Gasteiger partial charge in [0.2, 0.25) is 10.0 Å². The van der Waals surface area contributed by atoms with Crippen LogP contribution < -0.4 is 4.72 Å². The zero-order chi connectivity index (χ0) is 22.9. The van der Waals surface area contributed by atoms with Gasteiger partial charge in [-0.3, -0.25) is 4.79 Å². The summed E-state index contributed by atoms with van der Waals surface area (Å²) in [5, 5.41) is 21.5. The Morgan fingerprint density at radius 1 is 1.12 bits per heavy atom. The fourth-order valence-electron chi connectivity index (χ4n) is 4.04. The van der Waals surface area contributed by atoms with E-state index >= 15 is 0 Å². The van der Waals surface area contributed by atoms with Gasteiger partial charge in [0.25, 0.3) is 0 Å². The third-order valence-corrected chi connectivity index (χ3v) is 7.22. The van der Waals surface area contributed by atoms with Gasteiger partial charge in [0, 0.05) is 5.92 Å². The van der Waals surface area contributed by atoms with Gasteiger partial charge in [-0.05, 0) is 47.9 Å². The predicted octanol–water partition coefficient (Wildman–Crippen LogP) is 3.55. The first kappa shape index (κ1) is 22.0. The molecule has 3 aromatic carbocycles. The van der Waals surface area contributed by atoms with Crippen molar-refractivity contribution in [3.8, 4) is 6.07 Å². The predicted molar refractivity (Wildman–Crippen MR) is 118 cm³/mol. The zero-order valence-corrected chi connectivity index (χ0v) is 18.1. The lowest BCUT2D eigenvalue weighted by molar-refractivity contribution is -0.140. The SMILES string of the molecule is Cc1ccc(S(=O)(=O)NC(C(=O)O)[C@H]2C[C@H](c3ccc4ccccc4c3)O[C@@H]2C#N)cc1. The van der Waals surface area contributed by atoms with Crippen LogP contribution in [-0.2, 0) is 19.6 Å². The Kier molecular flexibility index (Phi) is 5.98. The van der Waals surface area contributed by atoms with Crippen molar-refractivity contribution in [2.75, 3.05) is 0 Å². The Morgan fingerprint density at radius 3 is 2.47 bits per heavy atom. The molecule has 1 unspecified atom stereocenters. The molecular weight excluding hydrogens is 428 g/mol. The fourth-order valence-corrected chi connectivity index (χ4v) is 5.28. The molecular formula is C24H22N2O5S. The van der Waals surface area contributed by atoms with E-state index in [1.54, 1.807) is 12.1 Å². The van der Waals surface area contributed by atoms with Crippen LogP contribution in [0, 0.1) is 24.2 Å². The van der Waals surface area contributed by atoms with Crippen LogP contribution >= 0.6 is 0 Å². The molecule has 0 spiro atoms. The average molecular weight is 451 g/mol. The molecule has 1 saturated heterocycles. The van der Waals surface area contributed by atoms with Crippen LogP contribution in [0.15, 0.2) is 71.6 Å². The van der Waals surface area contributed by atoms with Gasteiger partial charge in [-0.2, -0.15) is 9.98 Å². The number of carbonyl (C=O) groups is 1. The Bertz CT molecular complexity index is 1300. The smallest absolute Gasteiger partial charge is 0.322 e.